The molecule has 0 N–H and O–H groups in total. The monoisotopic (exact) mass is 550 g/mol. The Hall–Kier alpha value is -4.69. The minimum absolute atomic E-state index is 0.135. The van der Waals surface area contributed by atoms with Gasteiger partial charge in [-0.25, -0.2) is 4.98 Å². The second-order valence-corrected chi connectivity index (χ2v) is 9.68. The summed E-state index contributed by atoms with van der Waals surface area (Å²) in [6.45, 7) is 0.787. The molecule has 5 rings (SSSR count). The van der Waals surface area contributed by atoms with E-state index < -0.39 is 11.5 Å². The lowest BCUT2D eigenvalue weighted by Gasteiger charge is -2.34. The summed E-state index contributed by atoms with van der Waals surface area (Å²) in [5.41, 5.74) is 1.97. The first-order valence-corrected chi connectivity index (χ1v) is 12.6. The lowest BCUT2D eigenvalue weighted by atomic mass is 9.79. The number of halogens is 3. The summed E-state index contributed by atoms with van der Waals surface area (Å²) in [7, 11) is 1.51. The van der Waals surface area contributed by atoms with Crippen LogP contribution in [0.15, 0.2) is 91.1 Å². The normalized spacial score (nSPS) is 12.9. The van der Waals surface area contributed by atoms with Gasteiger partial charge in [-0.05, 0) is 47.0 Å². The van der Waals surface area contributed by atoms with Crippen molar-refractivity contribution in [3.63, 3.8) is 0 Å². The number of nitrogens with zero attached hydrogens (tertiary/aromatic N) is 4. The average Bonchev–Trinajstić information content (AvgIpc) is 2.97. The number of rotatable bonds is 6. The van der Waals surface area contributed by atoms with Crippen molar-refractivity contribution in [3.8, 4) is 23.3 Å². The highest BCUT2D eigenvalue weighted by molar-refractivity contribution is 6.30. The van der Waals surface area contributed by atoms with Gasteiger partial charge in [0.1, 0.15) is 29.1 Å². The fraction of sp³-hybridized carbons (Fsp3) is 0.125. The minimum Gasteiger partial charge on any atom is -0.364 e. The van der Waals surface area contributed by atoms with Crippen LogP contribution in [0.25, 0.3) is 22.0 Å². The largest absolute Gasteiger partial charge is 0.364 e. The van der Waals surface area contributed by atoms with E-state index in [1.54, 1.807) is 42.5 Å². The van der Waals surface area contributed by atoms with Gasteiger partial charge in [-0.1, -0.05) is 66.2 Å². The SMILES string of the molecule is COC(c1ccc(C(C)(F)F)nc1)(c1cccc(Cl)c1)c1ccc2nc(C#N)c(-c3ccccc3)c(C#N)c2c1. The molecule has 0 spiro atoms. The molecule has 0 amide bonds. The maximum Gasteiger partial charge on any atom is 0.286 e. The van der Waals surface area contributed by atoms with Crippen LogP contribution in [-0.2, 0) is 16.3 Å². The van der Waals surface area contributed by atoms with Crippen LogP contribution in [0.4, 0.5) is 8.78 Å². The summed E-state index contributed by atoms with van der Waals surface area (Å²) in [4.78, 5) is 8.60. The Labute approximate surface area is 234 Å². The highest BCUT2D eigenvalue weighted by atomic mass is 35.5. The Balaban J connectivity index is 1.84. The summed E-state index contributed by atoms with van der Waals surface area (Å²) in [5, 5.41) is 21.1. The lowest BCUT2D eigenvalue weighted by molar-refractivity contribution is 0.0123. The van der Waals surface area contributed by atoms with E-state index in [1.165, 1.54) is 19.4 Å². The predicted octanol–water partition coefficient (Wildman–Crippen LogP) is 7.74. The first kappa shape index (κ1) is 26.9. The summed E-state index contributed by atoms with van der Waals surface area (Å²) in [5.74, 6) is -3.12. The Bertz CT molecular complexity index is 1810. The topological polar surface area (TPSA) is 82.6 Å². The molecule has 0 saturated carbocycles. The van der Waals surface area contributed by atoms with E-state index >= 15 is 0 Å². The van der Waals surface area contributed by atoms with Crippen molar-refractivity contribution in [2.24, 2.45) is 0 Å². The zero-order chi connectivity index (χ0) is 28.5. The van der Waals surface area contributed by atoms with Crippen molar-refractivity contribution >= 4 is 22.5 Å². The standard InChI is InChI=1S/C32H21ClF2N4O/c1-31(34,35)29-14-12-23(19-38-29)32(40-2,21-9-6-10-24(33)15-21)22-11-13-27-25(16-22)26(17-36)30(28(18-37)39-27)20-7-4-3-5-8-20/h3-16,19H,1-2H3. The van der Waals surface area contributed by atoms with Crippen molar-refractivity contribution in [2.45, 2.75) is 18.4 Å². The van der Waals surface area contributed by atoms with Crippen LogP contribution in [0, 0.1) is 22.7 Å². The summed E-state index contributed by atoms with van der Waals surface area (Å²) in [6, 6.07) is 28.6. The number of methoxy groups -OCH3 is 1. The Morgan fingerprint density at radius 2 is 1.57 bits per heavy atom. The van der Waals surface area contributed by atoms with E-state index in [2.05, 4.69) is 22.1 Å². The van der Waals surface area contributed by atoms with Crippen LogP contribution in [0.3, 0.4) is 0 Å². The fourth-order valence-corrected chi connectivity index (χ4v) is 5.18. The molecule has 0 bridgehead atoms. The zero-order valence-electron chi connectivity index (χ0n) is 21.5. The molecule has 1 unspecified atom stereocenters. The summed E-state index contributed by atoms with van der Waals surface area (Å²) < 4.78 is 34.2. The van der Waals surface area contributed by atoms with Gasteiger partial charge in [-0.3, -0.25) is 4.98 Å². The number of aromatic nitrogens is 2. The highest BCUT2D eigenvalue weighted by Crippen LogP contribution is 2.43. The molecule has 0 aliphatic rings. The van der Waals surface area contributed by atoms with Crippen molar-refractivity contribution in [1.82, 2.24) is 9.97 Å². The van der Waals surface area contributed by atoms with Gasteiger partial charge in [0.25, 0.3) is 5.92 Å². The molecule has 0 aliphatic carbocycles. The number of alkyl halides is 2. The number of fused-ring (bicyclic) bond motifs is 1. The van der Waals surface area contributed by atoms with Crippen LogP contribution in [-0.4, -0.2) is 17.1 Å². The summed E-state index contributed by atoms with van der Waals surface area (Å²) in [6.07, 6.45) is 1.36. The first-order chi connectivity index (χ1) is 19.2. The molecule has 8 heteroatoms. The van der Waals surface area contributed by atoms with E-state index in [0.29, 0.717) is 43.7 Å². The van der Waals surface area contributed by atoms with E-state index in [0.717, 1.165) is 6.92 Å². The van der Waals surface area contributed by atoms with Gasteiger partial charge >= 0.3 is 0 Å². The Morgan fingerprint density at radius 1 is 0.850 bits per heavy atom. The zero-order valence-corrected chi connectivity index (χ0v) is 22.2. The van der Waals surface area contributed by atoms with Gasteiger partial charge in [-0.15, -0.1) is 0 Å². The van der Waals surface area contributed by atoms with Gasteiger partial charge in [0.15, 0.2) is 0 Å². The number of ether oxygens (including phenoxy) is 1. The minimum atomic E-state index is -3.12. The maximum absolute atomic E-state index is 14.0. The van der Waals surface area contributed by atoms with Crippen LogP contribution < -0.4 is 0 Å². The first-order valence-electron chi connectivity index (χ1n) is 12.2. The van der Waals surface area contributed by atoms with Crippen LogP contribution >= 0.6 is 11.6 Å². The van der Waals surface area contributed by atoms with Crippen molar-refractivity contribution in [1.29, 1.82) is 10.5 Å². The quantitative estimate of drug-likeness (QED) is 0.216. The third-order valence-corrected chi connectivity index (χ3v) is 7.06. The molecule has 5 nitrogen and oxygen atoms in total. The molecule has 1 atom stereocenters. The molecule has 0 fully saturated rings. The number of nitriles is 2. The summed E-state index contributed by atoms with van der Waals surface area (Å²) >= 11 is 6.38. The van der Waals surface area contributed by atoms with Crippen LogP contribution in [0.5, 0.6) is 0 Å². The number of pyridine rings is 2. The second-order valence-electron chi connectivity index (χ2n) is 9.25. The highest BCUT2D eigenvalue weighted by Gasteiger charge is 2.38. The van der Waals surface area contributed by atoms with E-state index in [-0.39, 0.29) is 17.0 Å². The van der Waals surface area contributed by atoms with Crippen molar-refractivity contribution in [3.05, 3.63) is 130 Å². The molecule has 0 radical (unpaired) electrons. The third-order valence-electron chi connectivity index (χ3n) is 6.83. The smallest absolute Gasteiger partial charge is 0.286 e. The van der Waals surface area contributed by atoms with Gasteiger partial charge in [0.05, 0.1) is 11.1 Å². The Morgan fingerprint density at radius 3 is 2.17 bits per heavy atom. The van der Waals surface area contributed by atoms with Crippen molar-refractivity contribution in [2.75, 3.05) is 7.11 Å². The van der Waals surface area contributed by atoms with Crippen LogP contribution in [0.2, 0.25) is 5.02 Å². The number of hydrogen-bond acceptors (Lipinski definition) is 5. The molecule has 0 aliphatic heterocycles. The second kappa shape index (κ2) is 10.5. The molecule has 0 saturated heterocycles. The predicted molar refractivity (Wildman–Crippen MR) is 149 cm³/mol. The third kappa shape index (κ3) is 4.56. The van der Waals surface area contributed by atoms with E-state index in [1.807, 2.05) is 36.4 Å². The van der Waals surface area contributed by atoms with Gasteiger partial charge < -0.3 is 4.74 Å². The molecule has 3 aromatic carbocycles. The van der Waals surface area contributed by atoms with E-state index in [4.69, 9.17) is 16.3 Å². The van der Waals surface area contributed by atoms with Gasteiger partial charge in [0, 0.05) is 41.8 Å². The molecule has 196 valence electrons. The average molecular weight is 551 g/mol. The van der Waals surface area contributed by atoms with Gasteiger partial charge in [-0.2, -0.15) is 19.3 Å². The number of hydrogen-bond donors (Lipinski definition) is 0. The van der Waals surface area contributed by atoms with Gasteiger partial charge in [0.2, 0.25) is 0 Å². The fourth-order valence-electron chi connectivity index (χ4n) is 4.99. The number of benzene rings is 3. The maximum atomic E-state index is 14.0. The molecule has 40 heavy (non-hydrogen) atoms. The van der Waals surface area contributed by atoms with Crippen LogP contribution in [0.1, 0.15) is 40.6 Å². The molecular formula is C32H21ClF2N4O. The molecular weight excluding hydrogens is 530 g/mol. The molecule has 2 aromatic heterocycles. The van der Waals surface area contributed by atoms with Crippen molar-refractivity contribution < 1.29 is 13.5 Å². The lowest BCUT2D eigenvalue weighted by Crippen LogP contribution is -2.32. The Kier molecular flexibility index (Phi) is 7.04. The molecule has 2 heterocycles. The molecule has 5 aromatic rings. The van der Waals surface area contributed by atoms with E-state index in [9.17, 15) is 19.3 Å².